The van der Waals surface area contributed by atoms with Gasteiger partial charge in [-0.3, -0.25) is 14.9 Å². The fourth-order valence-corrected chi connectivity index (χ4v) is 2.84. The zero-order valence-corrected chi connectivity index (χ0v) is 14.2. The Morgan fingerprint density at radius 2 is 1.60 bits per heavy atom. The van der Waals surface area contributed by atoms with Gasteiger partial charge in [0, 0.05) is 24.2 Å². The van der Waals surface area contributed by atoms with E-state index in [9.17, 15) is 23.3 Å². The summed E-state index contributed by atoms with van der Waals surface area (Å²) >= 11 is 0. The number of nitrogens with one attached hydrogen (secondary N) is 2. The molecule has 132 valence electrons. The molecule has 0 unspecified atom stereocenters. The zero-order valence-electron chi connectivity index (χ0n) is 13.4. The molecule has 0 saturated heterocycles. The second-order valence-corrected chi connectivity index (χ2v) is 7.19. The van der Waals surface area contributed by atoms with Crippen molar-refractivity contribution in [2.45, 2.75) is 12.3 Å². The van der Waals surface area contributed by atoms with E-state index in [0.717, 1.165) is 5.56 Å². The average molecular weight is 363 g/mol. The molecule has 0 heterocycles. The third-order valence-electron chi connectivity index (χ3n) is 3.48. The van der Waals surface area contributed by atoms with E-state index in [1.165, 1.54) is 31.3 Å². The lowest BCUT2D eigenvalue weighted by molar-refractivity contribution is -0.384. The Morgan fingerprint density at radius 3 is 2.12 bits per heavy atom. The summed E-state index contributed by atoms with van der Waals surface area (Å²) in [5.41, 5.74) is 1.69. The van der Waals surface area contributed by atoms with Crippen LogP contribution in [0.5, 0.6) is 0 Å². The van der Waals surface area contributed by atoms with Crippen LogP contribution in [0.2, 0.25) is 0 Å². The lowest BCUT2D eigenvalue weighted by atomic mass is 10.1. The first kappa shape index (κ1) is 18.6. The molecule has 0 atom stereocenters. The van der Waals surface area contributed by atoms with Crippen LogP contribution in [-0.2, 0) is 22.3 Å². The number of nitro benzene ring substituents is 1. The van der Waals surface area contributed by atoms with Crippen LogP contribution in [0.4, 0.5) is 5.69 Å². The van der Waals surface area contributed by atoms with Gasteiger partial charge in [0.2, 0.25) is 10.0 Å². The molecular formula is C16H17N3O5S. The van der Waals surface area contributed by atoms with Gasteiger partial charge in [-0.2, -0.15) is 0 Å². The van der Waals surface area contributed by atoms with Crippen LogP contribution >= 0.6 is 0 Å². The SMILES string of the molecule is CNS(=O)(=O)Cc1ccc(CNC(=O)c2ccc([N+](=O)[O-])cc2)cc1. The first-order chi connectivity index (χ1) is 11.8. The normalized spacial score (nSPS) is 11.1. The number of rotatable bonds is 7. The summed E-state index contributed by atoms with van der Waals surface area (Å²) < 4.78 is 25.2. The van der Waals surface area contributed by atoms with Gasteiger partial charge in [0.1, 0.15) is 0 Å². The van der Waals surface area contributed by atoms with Crippen molar-refractivity contribution in [2.75, 3.05) is 7.05 Å². The van der Waals surface area contributed by atoms with Gasteiger partial charge in [0.25, 0.3) is 11.6 Å². The quantitative estimate of drug-likeness (QED) is 0.572. The van der Waals surface area contributed by atoms with Crippen LogP contribution in [0.15, 0.2) is 48.5 Å². The van der Waals surface area contributed by atoms with Crippen LogP contribution in [0, 0.1) is 10.1 Å². The molecule has 1 amide bonds. The van der Waals surface area contributed by atoms with E-state index in [-0.39, 0.29) is 23.9 Å². The summed E-state index contributed by atoms with van der Waals surface area (Å²) in [4.78, 5) is 22.1. The minimum absolute atomic E-state index is 0.0799. The van der Waals surface area contributed by atoms with E-state index in [4.69, 9.17) is 0 Å². The van der Waals surface area contributed by atoms with E-state index in [2.05, 4.69) is 10.0 Å². The molecule has 25 heavy (non-hydrogen) atoms. The summed E-state index contributed by atoms with van der Waals surface area (Å²) in [6.45, 7) is 0.259. The number of benzene rings is 2. The van der Waals surface area contributed by atoms with Gasteiger partial charge in [-0.1, -0.05) is 24.3 Å². The maximum atomic E-state index is 12.0. The first-order valence-corrected chi connectivity index (χ1v) is 8.97. The smallest absolute Gasteiger partial charge is 0.269 e. The molecule has 0 bridgehead atoms. The second kappa shape index (κ2) is 7.86. The van der Waals surface area contributed by atoms with E-state index in [1.807, 2.05) is 0 Å². The molecule has 0 spiro atoms. The molecule has 2 aromatic carbocycles. The topological polar surface area (TPSA) is 118 Å². The number of amides is 1. The summed E-state index contributed by atoms with van der Waals surface area (Å²) in [5.74, 6) is -0.462. The Hall–Kier alpha value is -2.78. The molecule has 8 nitrogen and oxygen atoms in total. The molecule has 0 aliphatic carbocycles. The van der Waals surface area contributed by atoms with Crippen molar-refractivity contribution in [3.05, 3.63) is 75.3 Å². The Bertz CT molecular complexity index is 862. The van der Waals surface area contributed by atoms with Crippen molar-refractivity contribution in [1.29, 1.82) is 0 Å². The van der Waals surface area contributed by atoms with Gasteiger partial charge in [0.05, 0.1) is 10.7 Å². The van der Waals surface area contributed by atoms with Gasteiger partial charge in [-0.05, 0) is 30.3 Å². The van der Waals surface area contributed by atoms with Crippen LogP contribution in [-0.4, -0.2) is 26.3 Å². The maximum Gasteiger partial charge on any atom is 0.269 e. The Morgan fingerprint density at radius 1 is 1.04 bits per heavy atom. The lowest BCUT2D eigenvalue weighted by Crippen LogP contribution is -2.23. The van der Waals surface area contributed by atoms with Crippen LogP contribution in [0.3, 0.4) is 0 Å². The van der Waals surface area contributed by atoms with Gasteiger partial charge >= 0.3 is 0 Å². The van der Waals surface area contributed by atoms with Crippen molar-refractivity contribution in [2.24, 2.45) is 0 Å². The molecule has 2 N–H and O–H groups in total. The lowest BCUT2D eigenvalue weighted by Gasteiger charge is -2.07. The van der Waals surface area contributed by atoms with E-state index in [0.29, 0.717) is 11.1 Å². The van der Waals surface area contributed by atoms with Gasteiger partial charge in [-0.25, -0.2) is 13.1 Å². The highest BCUT2D eigenvalue weighted by molar-refractivity contribution is 7.88. The zero-order chi connectivity index (χ0) is 18.4. The summed E-state index contributed by atoms with van der Waals surface area (Å²) in [5, 5.41) is 13.3. The molecular weight excluding hydrogens is 346 g/mol. The van der Waals surface area contributed by atoms with Crippen molar-refractivity contribution >= 4 is 21.6 Å². The predicted octanol–water partition coefficient (Wildman–Crippen LogP) is 1.57. The van der Waals surface area contributed by atoms with Crippen LogP contribution < -0.4 is 10.0 Å². The predicted molar refractivity (Wildman–Crippen MR) is 92.4 cm³/mol. The highest BCUT2D eigenvalue weighted by Crippen LogP contribution is 2.12. The van der Waals surface area contributed by atoms with Gasteiger partial charge < -0.3 is 5.32 Å². The van der Waals surface area contributed by atoms with Crippen molar-refractivity contribution in [1.82, 2.24) is 10.0 Å². The summed E-state index contributed by atoms with van der Waals surface area (Å²) in [6, 6.07) is 12.1. The molecule has 0 fully saturated rings. The molecule has 2 rings (SSSR count). The summed E-state index contributed by atoms with van der Waals surface area (Å²) in [7, 11) is -1.97. The minimum atomic E-state index is -3.32. The molecule has 9 heteroatoms. The second-order valence-electron chi connectivity index (χ2n) is 5.27. The Labute approximate surface area is 145 Å². The van der Waals surface area contributed by atoms with E-state index in [1.54, 1.807) is 24.3 Å². The maximum absolute atomic E-state index is 12.0. The van der Waals surface area contributed by atoms with Crippen LogP contribution in [0.25, 0.3) is 0 Å². The Kier molecular flexibility index (Phi) is 5.84. The number of carbonyl (C=O) groups excluding carboxylic acids is 1. The Balaban J connectivity index is 1.94. The fraction of sp³-hybridized carbons (Fsp3) is 0.188. The average Bonchev–Trinajstić information content (AvgIpc) is 2.60. The number of hydrogen-bond donors (Lipinski definition) is 2. The van der Waals surface area contributed by atoms with Crippen LogP contribution in [0.1, 0.15) is 21.5 Å². The third kappa shape index (κ3) is 5.37. The standard InChI is InChI=1S/C16H17N3O5S/c1-17-25(23,24)11-13-4-2-12(3-5-13)10-18-16(20)14-6-8-15(9-7-14)19(21)22/h2-9,17H,10-11H2,1H3,(H,18,20). The van der Waals surface area contributed by atoms with Crippen molar-refractivity contribution in [3.63, 3.8) is 0 Å². The minimum Gasteiger partial charge on any atom is -0.348 e. The number of hydrogen-bond acceptors (Lipinski definition) is 5. The largest absolute Gasteiger partial charge is 0.348 e. The monoisotopic (exact) mass is 363 g/mol. The number of non-ortho nitro benzene ring substituents is 1. The fourth-order valence-electron chi connectivity index (χ4n) is 2.06. The molecule has 0 saturated carbocycles. The van der Waals surface area contributed by atoms with E-state index < -0.39 is 14.9 Å². The molecule has 0 aliphatic heterocycles. The number of carbonyl (C=O) groups is 1. The van der Waals surface area contributed by atoms with Crippen molar-refractivity contribution < 1.29 is 18.1 Å². The molecule has 0 aromatic heterocycles. The number of sulfonamides is 1. The van der Waals surface area contributed by atoms with Crippen molar-refractivity contribution in [3.8, 4) is 0 Å². The highest BCUT2D eigenvalue weighted by Gasteiger charge is 2.10. The number of nitrogens with zero attached hydrogens (tertiary/aromatic N) is 1. The van der Waals surface area contributed by atoms with Gasteiger partial charge in [-0.15, -0.1) is 0 Å². The summed E-state index contributed by atoms with van der Waals surface area (Å²) in [6.07, 6.45) is 0. The first-order valence-electron chi connectivity index (χ1n) is 7.32. The highest BCUT2D eigenvalue weighted by atomic mass is 32.2. The van der Waals surface area contributed by atoms with Gasteiger partial charge in [0.15, 0.2) is 0 Å². The third-order valence-corrected chi connectivity index (χ3v) is 4.82. The number of nitro groups is 1. The molecule has 0 radical (unpaired) electrons. The van der Waals surface area contributed by atoms with E-state index >= 15 is 0 Å². The molecule has 2 aromatic rings. The molecule has 0 aliphatic rings.